The van der Waals surface area contributed by atoms with Crippen LogP contribution in [0, 0.1) is 6.42 Å². The molecule has 49 valence electrons. The van der Waals surface area contributed by atoms with E-state index in [1.165, 1.54) is 10.8 Å². The van der Waals surface area contributed by atoms with Crippen molar-refractivity contribution in [2.75, 3.05) is 4.43 Å². The highest BCUT2D eigenvalue weighted by atomic mass is 127. The minimum absolute atomic E-state index is 0.392. The summed E-state index contributed by atoms with van der Waals surface area (Å²) in [6, 6.07) is 0. The summed E-state index contributed by atoms with van der Waals surface area (Å²) < 4.78 is 1.63. The van der Waals surface area contributed by atoms with Crippen molar-refractivity contribution >= 4 is 45.2 Å². The van der Waals surface area contributed by atoms with Crippen LogP contribution in [0.3, 0.4) is 0 Å². The fraction of sp³-hybridized carbons (Fsp3) is 0.833. The SMILES string of the molecule is CC(C)(I)[CH]CCI. The van der Waals surface area contributed by atoms with Crippen molar-refractivity contribution in [3.8, 4) is 0 Å². The first-order valence-corrected chi connectivity index (χ1v) is 5.26. The molecule has 0 aromatic heterocycles. The van der Waals surface area contributed by atoms with E-state index in [1.807, 2.05) is 0 Å². The third-order valence-corrected chi connectivity index (χ3v) is 1.80. The fourth-order valence-corrected chi connectivity index (χ4v) is 1.02. The molecule has 0 atom stereocenters. The first-order valence-electron chi connectivity index (χ1n) is 2.65. The predicted molar refractivity (Wildman–Crippen MR) is 55.9 cm³/mol. The lowest BCUT2D eigenvalue weighted by Crippen LogP contribution is -2.09. The van der Waals surface area contributed by atoms with Crippen LogP contribution in [0.15, 0.2) is 0 Å². The molecule has 0 aromatic carbocycles. The summed E-state index contributed by atoms with van der Waals surface area (Å²) in [7, 11) is 0. The lowest BCUT2D eigenvalue weighted by Gasteiger charge is -2.13. The van der Waals surface area contributed by atoms with Crippen LogP contribution in [0.25, 0.3) is 0 Å². The predicted octanol–water partition coefficient (Wildman–Crippen LogP) is 3.23. The van der Waals surface area contributed by atoms with E-state index in [9.17, 15) is 0 Å². The van der Waals surface area contributed by atoms with Gasteiger partial charge in [-0.05, 0) is 17.3 Å². The molecule has 0 N–H and O–H groups in total. The van der Waals surface area contributed by atoms with E-state index in [0.717, 1.165) is 0 Å². The van der Waals surface area contributed by atoms with Gasteiger partial charge in [0.2, 0.25) is 0 Å². The van der Waals surface area contributed by atoms with Gasteiger partial charge in [0.1, 0.15) is 0 Å². The Labute approximate surface area is 79.1 Å². The van der Waals surface area contributed by atoms with Crippen molar-refractivity contribution in [3.05, 3.63) is 6.42 Å². The normalized spacial score (nSPS) is 12.0. The quantitative estimate of drug-likeness (QED) is 0.548. The molecule has 0 bridgehead atoms. The van der Waals surface area contributed by atoms with E-state index in [1.54, 1.807) is 0 Å². The Morgan fingerprint density at radius 1 is 1.50 bits per heavy atom. The van der Waals surface area contributed by atoms with Crippen LogP contribution in [0.4, 0.5) is 0 Å². The molecule has 0 fully saturated rings. The minimum atomic E-state index is 0.392. The van der Waals surface area contributed by atoms with Gasteiger partial charge in [-0.3, -0.25) is 0 Å². The fourth-order valence-electron chi connectivity index (χ4n) is 0.398. The first kappa shape index (κ1) is 9.46. The van der Waals surface area contributed by atoms with Crippen LogP contribution in [0.5, 0.6) is 0 Å². The van der Waals surface area contributed by atoms with Gasteiger partial charge in [0.05, 0.1) is 0 Å². The average Bonchev–Trinajstić information content (AvgIpc) is 1.59. The molecular weight excluding hydrogens is 326 g/mol. The van der Waals surface area contributed by atoms with E-state index < -0.39 is 0 Å². The molecule has 1 radical (unpaired) electrons. The molecule has 0 unspecified atom stereocenters. The molecule has 0 heterocycles. The van der Waals surface area contributed by atoms with Crippen molar-refractivity contribution in [3.63, 3.8) is 0 Å². The molecule has 0 saturated carbocycles. The standard InChI is InChI=1S/C6H11I2/c1-6(2,8)4-3-5-7/h4H,3,5H2,1-2H3. The molecule has 8 heavy (non-hydrogen) atoms. The van der Waals surface area contributed by atoms with Gasteiger partial charge in [0.25, 0.3) is 0 Å². The molecule has 0 amide bonds. The van der Waals surface area contributed by atoms with E-state index in [0.29, 0.717) is 3.42 Å². The summed E-state index contributed by atoms with van der Waals surface area (Å²) in [6.07, 6.45) is 3.58. The van der Waals surface area contributed by atoms with E-state index >= 15 is 0 Å². The van der Waals surface area contributed by atoms with Crippen molar-refractivity contribution in [1.29, 1.82) is 0 Å². The average molecular weight is 337 g/mol. The number of halogens is 2. The minimum Gasteiger partial charge on any atom is -0.0864 e. The zero-order chi connectivity index (χ0) is 6.62. The Morgan fingerprint density at radius 2 is 2.00 bits per heavy atom. The van der Waals surface area contributed by atoms with Crippen LogP contribution in [0.2, 0.25) is 0 Å². The molecular formula is C6H11I2. The Balaban J connectivity index is 3.11. The lowest BCUT2D eigenvalue weighted by molar-refractivity contribution is 0.822. The van der Waals surface area contributed by atoms with Gasteiger partial charge in [-0.15, -0.1) is 0 Å². The monoisotopic (exact) mass is 337 g/mol. The number of alkyl halides is 2. The topological polar surface area (TPSA) is 0 Å². The van der Waals surface area contributed by atoms with E-state index in [-0.39, 0.29) is 0 Å². The molecule has 2 heteroatoms. The second-order valence-corrected chi connectivity index (χ2v) is 6.11. The third kappa shape index (κ3) is 7.46. The summed E-state index contributed by atoms with van der Waals surface area (Å²) in [5.41, 5.74) is 0. The zero-order valence-corrected chi connectivity index (χ0v) is 9.56. The maximum Gasteiger partial charge on any atom is 0.0197 e. The van der Waals surface area contributed by atoms with Gasteiger partial charge in [-0.25, -0.2) is 0 Å². The Bertz CT molecular complexity index is 54.0. The smallest absolute Gasteiger partial charge is 0.0197 e. The largest absolute Gasteiger partial charge is 0.0864 e. The molecule has 0 saturated heterocycles. The van der Waals surface area contributed by atoms with Gasteiger partial charge < -0.3 is 0 Å². The summed E-state index contributed by atoms with van der Waals surface area (Å²) >= 11 is 4.83. The summed E-state index contributed by atoms with van der Waals surface area (Å²) in [5.74, 6) is 0. The van der Waals surface area contributed by atoms with Gasteiger partial charge in [-0.1, -0.05) is 59.0 Å². The zero-order valence-electron chi connectivity index (χ0n) is 5.25. The highest BCUT2D eigenvalue weighted by Gasteiger charge is 2.10. The summed E-state index contributed by atoms with van der Waals surface area (Å²) in [6.45, 7) is 4.44. The molecule has 0 spiro atoms. The molecule has 0 aromatic rings. The maximum absolute atomic E-state index is 2.44. The maximum atomic E-state index is 2.44. The van der Waals surface area contributed by atoms with E-state index in [4.69, 9.17) is 0 Å². The highest BCUT2D eigenvalue weighted by Crippen LogP contribution is 2.21. The second-order valence-electron chi connectivity index (χ2n) is 2.25. The van der Waals surface area contributed by atoms with Gasteiger partial charge in [0, 0.05) is 3.42 Å². The Kier molecular flexibility index (Phi) is 5.09. The van der Waals surface area contributed by atoms with Crippen molar-refractivity contribution < 1.29 is 0 Å². The Morgan fingerprint density at radius 3 is 2.12 bits per heavy atom. The van der Waals surface area contributed by atoms with Crippen molar-refractivity contribution in [2.24, 2.45) is 0 Å². The van der Waals surface area contributed by atoms with Crippen LogP contribution >= 0.6 is 45.2 Å². The van der Waals surface area contributed by atoms with Crippen LogP contribution in [-0.4, -0.2) is 7.85 Å². The van der Waals surface area contributed by atoms with Gasteiger partial charge in [-0.2, -0.15) is 0 Å². The molecule has 0 aliphatic carbocycles. The van der Waals surface area contributed by atoms with Crippen molar-refractivity contribution in [2.45, 2.75) is 23.7 Å². The van der Waals surface area contributed by atoms with Crippen LogP contribution < -0.4 is 0 Å². The molecule has 0 aliphatic heterocycles. The van der Waals surface area contributed by atoms with Gasteiger partial charge in [0.15, 0.2) is 0 Å². The van der Waals surface area contributed by atoms with E-state index in [2.05, 4.69) is 65.5 Å². The number of hydrogen-bond donors (Lipinski definition) is 0. The third-order valence-electron chi connectivity index (χ3n) is 0.739. The van der Waals surface area contributed by atoms with Gasteiger partial charge >= 0.3 is 0 Å². The highest BCUT2D eigenvalue weighted by molar-refractivity contribution is 14.1. The second kappa shape index (κ2) is 4.30. The van der Waals surface area contributed by atoms with Crippen LogP contribution in [-0.2, 0) is 0 Å². The summed E-state index contributed by atoms with van der Waals surface area (Å²) in [5, 5.41) is 0. The summed E-state index contributed by atoms with van der Waals surface area (Å²) in [4.78, 5) is 0. The first-order chi connectivity index (χ1) is 3.56. The number of hydrogen-bond acceptors (Lipinski definition) is 0. The van der Waals surface area contributed by atoms with Crippen LogP contribution in [0.1, 0.15) is 20.3 Å². The molecule has 0 aliphatic rings. The number of rotatable bonds is 3. The lowest BCUT2D eigenvalue weighted by atomic mass is 10.1. The Hall–Kier alpha value is 1.46. The van der Waals surface area contributed by atoms with Crippen molar-refractivity contribution in [1.82, 2.24) is 0 Å². The molecule has 0 rings (SSSR count). The molecule has 0 nitrogen and oxygen atoms in total.